The molecule has 204 valence electrons. The van der Waals surface area contributed by atoms with Gasteiger partial charge in [-0.2, -0.15) is 0 Å². The summed E-state index contributed by atoms with van der Waals surface area (Å²) in [4.78, 5) is 39.7. The van der Waals surface area contributed by atoms with Crippen LogP contribution in [0.25, 0.3) is 0 Å². The number of hydrogen-bond acceptors (Lipinski definition) is 3. The zero-order valence-corrected chi connectivity index (χ0v) is 23.5. The van der Waals surface area contributed by atoms with Crippen LogP contribution >= 0.6 is 0 Å². The lowest BCUT2D eigenvalue weighted by atomic mass is 9.59. The topological polar surface area (TPSA) is 51.2 Å². The normalized spacial score (nSPS) is 32.5. The van der Waals surface area contributed by atoms with Crippen molar-refractivity contribution >= 4 is 17.3 Å². The highest BCUT2D eigenvalue weighted by Gasteiger charge is 2.46. The van der Waals surface area contributed by atoms with Crippen molar-refractivity contribution in [3.05, 3.63) is 0 Å². The van der Waals surface area contributed by atoms with Gasteiger partial charge in [-0.15, -0.1) is 0 Å². The van der Waals surface area contributed by atoms with Gasteiger partial charge in [0.25, 0.3) is 0 Å². The van der Waals surface area contributed by atoms with E-state index in [0.29, 0.717) is 53.9 Å². The van der Waals surface area contributed by atoms with Crippen LogP contribution in [0.4, 0.5) is 0 Å². The SMILES string of the molecule is CCC(=O)C1CCC(C(C(=O)C(C2CCCCC2)C2CCC(C(=O)CC)CC2)C2CCCCC2)CC1. The van der Waals surface area contributed by atoms with E-state index in [4.69, 9.17) is 0 Å². The maximum absolute atomic E-state index is 14.8. The second-order valence-electron chi connectivity index (χ2n) is 13.1. The highest BCUT2D eigenvalue weighted by molar-refractivity contribution is 5.85. The molecule has 0 spiro atoms. The molecular weight excluding hydrogens is 444 g/mol. The molecule has 4 aliphatic rings. The van der Waals surface area contributed by atoms with Crippen molar-refractivity contribution < 1.29 is 14.4 Å². The van der Waals surface area contributed by atoms with Crippen molar-refractivity contribution in [1.82, 2.24) is 0 Å². The monoisotopic (exact) mass is 498 g/mol. The van der Waals surface area contributed by atoms with Crippen LogP contribution in [-0.2, 0) is 14.4 Å². The minimum absolute atomic E-state index is 0.227. The summed E-state index contributed by atoms with van der Waals surface area (Å²) in [6.45, 7) is 4.00. The third-order valence-electron chi connectivity index (χ3n) is 11.1. The average molecular weight is 499 g/mol. The first-order valence-electron chi connectivity index (χ1n) is 16.1. The summed E-state index contributed by atoms with van der Waals surface area (Å²) in [6, 6.07) is 0. The molecule has 4 saturated carbocycles. The Hall–Kier alpha value is -0.990. The van der Waals surface area contributed by atoms with Gasteiger partial charge in [0.1, 0.15) is 17.3 Å². The van der Waals surface area contributed by atoms with Crippen molar-refractivity contribution in [2.75, 3.05) is 0 Å². The lowest BCUT2D eigenvalue weighted by Gasteiger charge is -2.44. The molecule has 2 unspecified atom stereocenters. The van der Waals surface area contributed by atoms with Crippen LogP contribution < -0.4 is 0 Å². The molecule has 0 radical (unpaired) electrons. The van der Waals surface area contributed by atoms with Crippen molar-refractivity contribution in [2.45, 2.75) is 142 Å². The van der Waals surface area contributed by atoms with Gasteiger partial charge in [-0.25, -0.2) is 0 Å². The Balaban J connectivity index is 1.54. The molecule has 0 heterocycles. The number of hydrogen-bond donors (Lipinski definition) is 0. The van der Waals surface area contributed by atoms with Gasteiger partial charge in [0.15, 0.2) is 0 Å². The summed E-state index contributed by atoms with van der Waals surface area (Å²) in [5, 5.41) is 0. The van der Waals surface area contributed by atoms with E-state index in [1.54, 1.807) is 0 Å². The Labute approximate surface area is 221 Å². The molecule has 0 aromatic heterocycles. The molecule has 4 aliphatic carbocycles. The fraction of sp³-hybridized carbons (Fsp3) is 0.909. The Morgan fingerprint density at radius 1 is 0.472 bits per heavy atom. The van der Waals surface area contributed by atoms with Gasteiger partial charge < -0.3 is 0 Å². The van der Waals surface area contributed by atoms with Crippen molar-refractivity contribution in [2.24, 2.45) is 47.3 Å². The molecule has 2 atom stereocenters. The summed E-state index contributed by atoms with van der Waals surface area (Å²) in [7, 11) is 0. The van der Waals surface area contributed by atoms with Gasteiger partial charge in [-0.05, 0) is 101 Å². The van der Waals surface area contributed by atoms with Crippen molar-refractivity contribution in [1.29, 1.82) is 0 Å². The molecule has 0 amide bonds. The smallest absolute Gasteiger partial charge is 0.140 e. The highest BCUT2D eigenvalue weighted by atomic mass is 16.1. The van der Waals surface area contributed by atoms with E-state index >= 15 is 0 Å². The van der Waals surface area contributed by atoms with Crippen molar-refractivity contribution in [3.8, 4) is 0 Å². The summed E-state index contributed by atoms with van der Waals surface area (Å²) < 4.78 is 0. The number of carbonyl (C=O) groups excluding carboxylic acids is 3. The minimum atomic E-state index is 0.227. The lowest BCUT2D eigenvalue weighted by Crippen LogP contribution is -2.44. The molecule has 0 N–H and O–H groups in total. The molecule has 0 aromatic carbocycles. The predicted molar refractivity (Wildman–Crippen MR) is 147 cm³/mol. The highest BCUT2D eigenvalue weighted by Crippen LogP contribution is 2.48. The molecule has 4 fully saturated rings. The molecule has 0 aromatic rings. The van der Waals surface area contributed by atoms with E-state index in [2.05, 4.69) is 0 Å². The molecule has 3 nitrogen and oxygen atoms in total. The second-order valence-corrected chi connectivity index (χ2v) is 13.1. The van der Waals surface area contributed by atoms with E-state index < -0.39 is 0 Å². The second kappa shape index (κ2) is 13.7. The first kappa shape index (κ1) is 28.0. The average Bonchev–Trinajstić information content (AvgIpc) is 2.94. The van der Waals surface area contributed by atoms with E-state index in [1.807, 2.05) is 13.8 Å². The number of rotatable bonds is 10. The van der Waals surface area contributed by atoms with Gasteiger partial charge in [0, 0.05) is 36.5 Å². The third-order valence-corrected chi connectivity index (χ3v) is 11.1. The third kappa shape index (κ3) is 6.71. The largest absolute Gasteiger partial charge is 0.299 e. The zero-order chi connectivity index (χ0) is 25.5. The Bertz CT molecular complexity index is 653. The van der Waals surface area contributed by atoms with Crippen LogP contribution in [0.15, 0.2) is 0 Å². The summed E-state index contributed by atoms with van der Waals surface area (Å²) >= 11 is 0. The molecule has 36 heavy (non-hydrogen) atoms. The minimum Gasteiger partial charge on any atom is -0.299 e. The van der Waals surface area contributed by atoms with Gasteiger partial charge in [0.2, 0.25) is 0 Å². The predicted octanol–water partition coefficient (Wildman–Crippen LogP) is 8.52. The molecular formula is C33H54O3. The van der Waals surface area contributed by atoms with E-state index in [-0.39, 0.29) is 23.7 Å². The Kier molecular flexibility index (Phi) is 10.7. The van der Waals surface area contributed by atoms with E-state index in [9.17, 15) is 14.4 Å². The molecule has 0 bridgehead atoms. The van der Waals surface area contributed by atoms with E-state index in [0.717, 1.165) is 51.4 Å². The standard InChI is InChI=1S/C33H54O3/c1-3-29(34)23-15-19-27(20-16-23)31(25-11-7-5-8-12-25)33(36)32(26-13-9-6-10-14-26)28-21-17-24(18-22-28)30(35)4-2/h23-28,31-32H,3-22H2,1-2H3. The molecule has 0 aliphatic heterocycles. The Morgan fingerprint density at radius 2 is 0.778 bits per heavy atom. The molecule has 3 heteroatoms. The first-order valence-corrected chi connectivity index (χ1v) is 16.1. The number of carbonyl (C=O) groups is 3. The van der Waals surface area contributed by atoms with Crippen LogP contribution in [0.1, 0.15) is 142 Å². The first-order chi connectivity index (χ1) is 17.5. The van der Waals surface area contributed by atoms with Gasteiger partial charge in [-0.3, -0.25) is 14.4 Å². The molecule has 4 rings (SSSR count). The fourth-order valence-corrected chi connectivity index (χ4v) is 9.09. The molecule has 0 saturated heterocycles. The maximum Gasteiger partial charge on any atom is 0.140 e. The van der Waals surface area contributed by atoms with Crippen LogP contribution in [0.3, 0.4) is 0 Å². The number of ketones is 3. The van der Waals surface area contributed by atoms with Crippen molar-refractivity contribution in [3.63, 3.8) is 0 Å². The van der Waals surface area contributed by atoms with Gasteiger partial charge >= 0.3 is 0 Å². The summed E-state index contributed by atoms with van der Waals surface area (Å²) in [6.07, 6.45) is 22.4. The van der Waals surface area contributed by atoms with Gasteiger partial charge in [0.05, 0.1) is 0 Å². The lowest BCUT2D eigenvalue weighted by molar-refractivity contribution is -0.137. The van der Waals surface area contributed by atoms with Crippen LogP contribution in [0, 0.1) is 47.3 Å². The Morgan fingerprint density at radius 3 is 1.08 bits per heavy atom. The van der Waals surface area contributed by atoms with Gasteiger partial charge in [-0.1, -0.05) is 52.4 Å². The van der Waals surface area contributed by atoms with Crippen LogP contribution in [-0.4, -0.2) is 17.3 Å². The summed E-state index contributed by atoms with van der Waals surface area (Å²) in [5.41, 5.74) is 0. The van der Waals surface area contributed by atoms with Crippen LogP contribution in [0.2, 0.25) is 0 Å². The number of Topliss-reactive ketones (excluding diaryl/α,β-unsaturated/α-hetero) is 3. The quantitative estimate of drug-likeness (QED) is 0.303. The summed E-state index contributed by atoms with van der Waals surface area (Å²) in [5.74, 6) is 4.58. The maximum atomic E-state index is 14.8. The van der Waals surface area contributed by atoms with E-state index in [1.165, 1.54) is 64.2 Å². The fourth-order valence-electron chi connectivity index (χ4n) is 9.09. The zero-order valence-electron chi connectivity index (χ0n) is 23.5. The van der Waals surface area contributed by atoms with Crippen LogP contribution in [0.5, 0.6) is 0 Å².